The average Bonchev–Trinajstić information content (AvgIpc) is 0.818. The van der Waals surface area contributed by atoms with Crippen LogP contribution in [0.2, 0.25) is 0 Å². The van der Waals surface area contributed by atoms with Gasteiger partial charge in [0, 0.05) is 25.4 Å². The molecule has 3 rings (SSSR count). The lowest BCUT2D eigenvalue weighted by Gasteiger charge is -2.31. The van der Waals surface area contributed by atoms with Crippen molar-refractivity contribution in [2.45, 2.75) is 213 Å². The summed E-state index contributed by atoms with van der Waals surface area (Å²) in [6.07, 6.45) is -9.70. The van der Waals surface area contributed by atoms with Crippen molar-refractivity contribution in [3.05, 3.63) is 102 Å². The van der Waals surface area contributed by atoms with Gasteiger partial charge < -0.3 is 111 Å². The number of guanidine groups is 1. The Kier molecular flexibility index (Phi) is 41.6. The number of pyridine rings is 1. The number of halogens is 3. The molecule has 628 valence electrons. The van der Waals surface area contributed by atoms with Crippen molar-refractivity contribution in [2.24, 2.45) is 57.0 Å². The molecule has 0 saturated heterocycles. The zero-order valence-corrected chi connectivity index (χ0v) is 64.8. The number of aliphatic imine (C=N–C) groups is 1. The number of esters is 1. The summed E-state index contributed by atoms with van der Waals surface area (Å²) >= 11 is 0. The standard InChI is InChI=1S/C71H108N16O19.C2HF3O2/c1-12-39(7)51(85-61(96)45(27-21-29-77-69(74)75)79-62(97)46(30-37(3)4)80-60(95)40(8)55(91)38(5)6)66(101)86-52(41(9)89)65(100)78-34-50(90)84-53(56(92)59(73)94)67(102)82-49(35-88)68(103)106-57(44-25-18-15-19-26-44)54(58(72)93)87-63(98)47(31-43-24-20-28-76-33-43)81-64(99)48(32-71(10,11)13-2)83-70(104)105-36-42-22-16-14-17-23-42;3-2(4,5)1(6)7/h14-20,22-26,28,33,37-41,45-49,51-57,88-89,91-92H,12-13,21,27,29-32,34-36H2,1-11H3,(H2,72,93)(H2,73,94)(H,78,100)(H,79,97)(H,80,95)(H,81,99)(H,82,102)(H,83,104)(H,84,90)(H,85,96)(H,86,101)(H,87,98)(H4,74,75,77);(H,6,7)/t39-,40-,41-,45+,46-,47-,48+,49-,51-,52-,53-,54-,55+,56-,57+;/m0./s1. The summed E-state index contributed by atoms with van der Waals surface area (Å²) < 4.78 is 42.9. The molecule has 0 radical (unpaired) electrons. The van der Waals surface area contributed by atoms with Crippen molar-refractivity contribution >= 4 is 89.0 Å². The highest BCUT2D eigenvalue weighted by Crippen LogP contribution is 2.28. The minimum atomic E-state index is -5.08. The fourth-order valence-electron chi connectivity index (χ4n) is 10.6. The molecule has 0 saturated carbocycles. The molecule has 2 aromatic carbocycles. The number of nitrogens with one attached hydrogen (secondary N) is 10. The molecule has 0 aliphatic rings. The first-order valence-corrected chi connectivity index (χ1v) is 36.2. The highest BCUT2D eigenvalue weighted by Gasteiger charge is 2.42. The van der Waals surface area contributed by atoms with E-state index in [-0.39, 0.29) is 75.0 Å². The Morgan fingerprint density at radius 3 is 1.62 bits per heavy atom. The fraction of sp³-hybridized carbons (Fsp3) is 0.562. The SMILES string of the molecule is CC[C@H](C)[C@H](NC(=O)[C@@H](CCCN=C(N)N)NC(=O)[C@H](CC(C)C)NC(=O)[C@@H](C)[C@H](O)C(C)C)C(=O)N[C@H](C(=O)NCC(=O)N[C@H](C(=O)N[C@@H](CO)C(=O)O[C@H](c1ccccc1)[C@H](NC(=O)[C@H](Cc1cccnc1)NC(=O)[C@@H](CC(C)(C)CC)NC(=O)OCc1ccccc1)C(N)=O)[C@H](O)C(N)=O)[C@H](C)O.O=C(O)C(F)(F)F. The van der Waals surface area contributed by atoms with E-state index in [9.17, 15) is 95.9 Å². The van der Waals surface area contributed by atoms with Crippen molar-refractivity contribution in [1.29, 1.82) is 0 Å². The highest BCUT2D eigenvalue weighted by molar-refractivity contribution is 5.99. The summed E-state index contributed by atoms with van der Waals surface area (Å²) in [7, 11) is 0. The van der Waals surface area contributed by atoms with Gasteiger partial charge in [-0.2, -0.15) is 13.2 Å². The second kappa shape index (κ2) is 47.9. The summed E-state index contributed by atoms with van der Waals surface area (Å²) in [6, 6.07) is 3.69. The molecule has 0 bridgehead atoms. The predicted octanol–water partition coefficient (Wildman–Crippen LogP) is -1.84. The molecular formula is C73H109F3N16O21. The maximum Gasteiger partial charge on any atom is 0.490 e. The van der Waals surface area contributed by atoms with Crippen LogP contribution in [0, 0.1) is 29.1 Å². The first-order chi connectivity index (χ1) is 52.8. The van der Waals surface area contributed by atoms with E-state index in [4.69, 9.17) is 42.3 Å². The number of ether oxygens (including phenoxy) is 2. The van der Waals surface area contributed by atoms with Crippen molar-refractivity contribution in [3.8, 4) is 0 Å². The summed E-state index contributed by atoms with van der Waals surface area (Å²) in [6.45, 7) is 16.0. The number of aliphatic hydroxyl groups excluding tert-OH is 4. The van der Waals surface area contributed by atoms with Crippen LogP contribution < -0.4 is 76.1 Å². The number of carboxylic acids is 1. The summed E-state index contributed by atoms with van der Waals surface area (Å²) in [5.41, 5.74) is 22.8. The van der Waals surface area contributed by atoms with Crippen LogP contribution in [0.3, 0.4) is 0 Å². The van der Waals surface area contributed by atoms with Gasteiger partial charge in [-0.05, 0) is 78.5 Å². The third-order valence-corrected chi connectivity index (χ3v) is 17.6. The maximum atomic E-state index is 14.6. The Hall–Kier alpha value is -11.1. The number of aliphatic carboxylic acids is 1. The largest absolute Gasteiger partial charge is 0.490 e. The number of alkyl carbamates (subject to hydrolysis) is 1. The lowest BCUT2D eigenvalue weighted by Crippen LogP contribution is -2.62. The van der Waals surface area contributed by atoms with Crippen molar-refractivity contribution in [2.75, 3.05) is 19.7 Å². The number of alkyl halides is 3. The molecule has 0 fully saturated rings. The molecule has 23 N–H and O–H groups in total. The van der Waals surface area contributed by atoms with Gasteiger partial charge in [-0.15, -0.1) is 0 Å². The Morgan fingerprint density at radius 2 is 1.11 bits per heavy atom. The van der Waals surface area contributed by atoms with Crippen LogP contribution in [-0.4, -0.2) is 218 Å². The van der Waals surface area contributed by atoms with Crippen LogP contribution >= 0.6 is 0 Å². The lowest BCUT2D eigenvalue weighted by molar-refractivity contribution is -0.192. The predicted molar refractivity (Wildman–Crippen MR) is 400 cm³/mol. The van der Waals surface area contributed by atoms with E-state index in [0.717, 1.165) is 6.92 Å². The topological polar surface area (TPSA) is 608 Å². The highest BCUT2D eigenvalue weighted by atomic mass is 19.4. The van der Waals surface area contributed by atoms with Crippen LogP contribution in [0.25, 0.3) is 0 Å². The summed E-state index contributed by atoms with van der Waals surface area (Å²) in [5, 5.41) is 74.2. The van der Waals surface area contributed by atoms with Gasteiger partial charge in [0.1, 0.15) is 54.9 Å². The molecule has 0 spiro atoms. The van der Waals surface area contributed by atoms with Gasteiger partial charge in [0.25, 0.3) is 0 Å². The normalized spacial score (nSPS) is 15.3. The molecule has 113 heavy (non-hydrogen) atoms. The molecule has 0 aliphatic heterocycles. The molecule has 15 atom stereocenters. The quantitative estimate of drug-likeness (QED) is 0.0128. The number of nitrogens with two attached hydrogens (primary N) is 4. The molecule has 12 amide bonds. The Bertz CT molecular complexity index is 3670. The third kappa shape index (κ3) is 35.0. The molecule has 1 heterocycles. The van der Waals surface area contributed by atoms with E-state index in [1.54, 1.807) is 90.1 Å². The number of aromatic nitrogens is 1. The number of primary amides is 2. The third-order valence-electron chi connectivity index (χ3n) is 17.6. The monoisotopic (exact) mass is 1600 g/mol. The van der Waals surface area contributed by atoms with E-state index >= 15 is 0 Å². The van der Waals surface area contributed by atoms with E-state index in [2.05, 4.69) is 52.5 Å². The smallest absolute Gasteiger partial charge is 0.475 e. The van der Waals surface area contributed by atoms with E-state index in [1.165, 1.54) is 43.6 Å². The molecule has 0 unspecified atom stereocenters. The maximum absolute atomic E-state index is 14.6. The fourth-order valence-corrected chi connectivity index (χ4v) is 10.6. The van der Waals surface area contributed by atoms with Gasteiger partial charge in [0.05, 0.1) is 31.3 Å². The summed E-state index contributed by atoms with van der Waals surface area (Å²) in [5.74, 6) is -18.9. The van der Waals surface area contributed by atoms with Gasteiger partial charge in [0.15, 0.2) is 24.2 Å². The second-order valence-electron chi connectivity index (χ2n) is 28.2. The molecular weight excluding hydrogens is 1490 g/mol. The van der Waals surface area contributed by atoms with E-state index < -0.39 is 198 Å². The Morgan fingerprint density at radius 1 is 0.584 bits per heavy atom. The van der Waals surface area contributed by atoms with Crippen LogP contribution in [-0.2, 0) is 84.8 Å². The van der Waals surface area contributed by atoms with Gasteiger partial charge in [-0.1, -0.05) is 149 Å². The van der Waals surface area contributed by atoms with Gasteiger partial charge in [-0.25, -0.2) is 14.4 Å². The molecule has 1 aromatic heterocycles. The Labute approximate surface area is 651 Å². The van der Waals surface area contributed by atoms with Gasteiger partial charge in [-0.3, -0.25) is 62.7 Å². The first kappa shape index (κ1) is 97.9. The number of rotatable bonds is 45. The van der Waals surface area contributed by atoms with Crippen LogP contribution in [0.15, 0.2) is 90.2 Å². The number of aliphatic hydroxyl groups is 4. The van der Waals surface area contributed by atoms with Gasteiger partial charge >= 0.3 is 24.2 Å². The van der Waals surface area contributed by atoms with Gasteiger partial charge in [0.2, 0.25) is 65.0 Å². The molecule has 37 nitrogen and oxygen atoms in total. The van der Waals surface area contributed by atoms with E-state index in [1.807, 2.05) is 31.4 Å². The minimum absolute atomic E-state index is 0.00249. The first-order valence-electron chi connectivity index (χ1n) is 36.2. The zero-order chi connectivity index (χ0) is 85.8. The number of hydrogen-bond donors (Lipinski definition) is 19. The number of benzene rings is 2. The van der Waals surface area contributed by atoms with Crippen LogP contribution in [0.4, 0.5) is 18.0 Å². The molecule has 40 heteroatoms. The number of hydrogen-bond acceptors (Lipinski definition) is 22. The number of carbonyl (C=O) groups is 14. The number of amides is 12. The molecule has 0 aliphatic carbocycles. The van der Waals surface area contributed by atoms with E-state index in [0.29, 0.717) is 17.5 Å². The van der Waals surface area contributed by atoms with Crippen LogP contribution in [0.1, 0.15) is 137 Å². The van der Waals surface area contributed by atoms with Crippen LogP contribution in [0.5, 0.6) is 0 Å². The van der Waals surface area contributed by atoms with Crippen molar-refractivity contribution in [1.82, 2.24) is 58.2 Å². The van der Waals surface area contributed by atoms with Crippen molar-refractivity contribution in [3.63, 3.8) is 0 Å². The molecule has 3 aromatic rings. The summed E-state index contributed by atoms with van der Waals surface area (Å²) in [4.78, 5) is 197. The second-order valence-corrected chi connectivity index (χ2v) is 28.2. The lowest BCUT2D eigenvalue weighted by atomic mass is 9.83. The van der Waals surface area contributed by atoms with Crippen molar-refractivity contribution < 1.29 is 115 Å². The zero-order valence-electron chi connectivity index (χ0n) is 64.8. The minimum Gasteiger partial charge on any atom is -0.475 e. The number of nitrogens with zero attached hydrogens (tertiary/aromatic N) is 2. The number of carboxylic acid groups (broad SMARTS) is 1. The Balaban J connectivity index is 0.00000588. The average molecular weight is 1600 g/mol. The number of carbonyl (C=O) groups excluding carboxylic acids is 13.